The van der Waals surface area contributed by atoms with Crippen LogP contribution in [-0.4, -0.2) is 34.9 Å². The first-order chi connectivity index (χ1) is 9.58. The maximum Gasteiger partial charge on any atom is 0.222 e. The summed E-state index contributed by atoms with van der Waals surface area (Å²) in [6, 6.07) is 0. The fourth-order valence-corrected chi connectivity index (χ4v) is 2.89. The Morgan fingerprint density at radius 3 is 2.60 bits per heavy atom. The van der Waals surface area contributed by atoms with Gasteiger partial charge >= 0.3 is 0 Å². The summed E-state index contributed by atoms with van der Waals surface area (Å²) in [5, 5.41) is 11.7. The molecule has 20 heavy (non-hydrogen) atoms. The third-order valence-corrected chi connectivity index (χ3v) is 4.34. The fourth-order valence-electron chi connectivity index (χ4n) is 2.89. The largest absolute Gasteiger partial charge is 0.409 e. The monoisotopic (exact) mass is 283 g/mol. The Balaban J connectivity index is 2.37. The van der Waals surface area contributed by atoms with Gasteiger partial charge in [0, 0.05) is 25.4 Å². The predicted octanol–water partition coefficient (Wildman–Crippen LogP) is 2.58. The van der Waals surface area contributed by atoms with Crippen molar-refractivity contribution in [3.8, 4) is 0 Å². The van der Waals surface area contributed by atoms with Crippen molar-refractivity contribution in [1.29, 1.82) is 0 Å². The Morgan fingerprint density at radius 1 is 1.40 bits per heavy atom. The number of amides is 1. The van der Waals surface area contributed by atoms with E-state index >= 15 is 0 Å². The molecule has 0 saturated heterocycles. The summed E-state index contributed by atoms with van der Waals surface area (Å²) in [6.45, 7) is 5.03. The first-order valence-corrected chi connectivity index (χ1v) is 7.83. The van der Waals surface area contributed by atoms with Crippen LogP contribution in [0.3, 0.4) is 0 Å². The summed E-state index contributed by atoms with van der Waals surface area (Å²) in [7, 11) is 0. The third kappa shape index (κ3) is 5.39. The normalized spacial score (nSPS) is 18.8. The quantitative estimate of drug-likeness (QED) is 0.326. The molecule has 5 heteroatoms. The van der Waals surface area contributed by atoms with Gasteiger partial charge < -0.3 is 15.8 Å². The molecule has 0 bridgehead atoms. The molecule has 0 spiro atoms. The Kier molecular flexibility index (Phi) is 7.41. The van der Waals surface area contributed by atoms with Gasteiger partial charge in [-0.25, -0.2) is 0 Å². The van der Waals surface area contributed by atoms with E-state index in [4.69, 9.17) is 10.9 Å². The second-order valence-electron chi connectivity index (χ2n) is 5.90. The number of carbonyl (C=O) groups is 1. The molecule has 0 aliphatic heterocycles. The highest BCUT2D eigenvalue weighted by Gasteiger charge is 2.20. The molecular formula is C15H29N3O2. The minimum Gasteiger partial charge on any atom is -0.409 e. The van der Waals surface area contributed by atoms with Crippen molar-refractivity contribution in [3.05, 3.63) is 0 Å². The molecule has 0 aromatic carbocycles. The second-order valence-corrected chi connectivity index (χ2v) is 5.90. The van der Waals surface area contributed by atoms with E-state index in [1.54, 1.807) is 0 Å². The Labute approximate surface area is 122 Å². The van der Waals surface area contributed by atoms with E-state index in [0.717, 1.165) is 12.3 Å². The lowest BCUT2D eigenvalue weighted by Crippen LogP contribution is -2.38. The van der Waals surface area contributed by atoms with Crippen LogP contribution in [-0.2, 0) is 4.79 Å². The van der Waals surface area contributed by atoms with E-state index in [-0.39, 0.29) is 17.7 Å². The molecule has 1 aliphatic carbocycles. The number of nitrogens with two attached hydrogens (primary N) is 1. The van der Waals surface area contributed by atoms with Crippen LogP contribution in [0.15, 0.2) is 5.16 Å². The zero-order valence-corrected chi connectivity index (χ0v) is 12.8. The molecule has 1 saturated carbocycles. The summed E-state index contributed by atoms with van der Waals surface area (Å²) >= 11 is 0. The number of hydrogen-bond acceptors (Lipinski definition) is 3. The van der Waals surface area contributed by atoms with E-state index in [0.29, 0.717) is 19.5 Å². The van der Waals surface area contributed by atoms with Crippen LogP contribution in [0.2, 0.25) is 0 Å². The molecule has 116 valence electrons. The lowest BCUT2D eigenvalue weighted by atomic mass is 9.86. The molecule has 5 nitrogen and oxygen atoms in total. The van der Waals surface area contributed by atoms with E-state index < -0.39 is 0 Å². The number of oxime groups is 1. The lowest BCUT2D eigenvalue weighted by Gasteiger charge is -2.26. The fraction of sp³-hybridized carbons (Fsp3) is 0.867. The van der Waals surface area contributed by atoms with Crippen LogP contribution in [0.25, 0.3) is 0 Å². The van der Waals surface area contributed by atoms with Crippen molar-refractivity contribution in [1.82, 2.24) is 4.90 Å². The smallest absolute Gasteiger partial charge is 0.222 e. The van der Waals surface area contributed by atoms with Gasteiger partial charge in [0.2, 0.25) is 5.91 Å². The minimum atomic E-state index is -0.112. The SMILES string of the molecule is CCN(CC(C)C(N)=NO)C(=O)CCC1CCCCC1. The van der Waals surface area contributed by atoms with E-state index in [2.05, 4.69) is 5.16 Å². The highest BCUT2D eigenvalue weighted by Crippen LogP contribution is 2.27. The summed E-state index contributed by atoms with van der Waals surface area (Å²) in [5.41, 5.74) is 5.57. The maximum atomic E-state index is 12.2. The van der Waals surface area contributed by atoms with E-state index in [1.165, 1.54) is 32.1 Å². The van der Waals surface area contributed by atoms with Crippen molar-refractivity contribution >= 4 is 11.7 Å². The van der Waals surface area contributed by atoms with Gasteiger partial charge in [-0.3, -0.25) is 4.79 Å². The number of amidine groups is 1. The molecule has 0 aromatic rings. The van der Waals surface area contributed by atoms with Gasteiger partial charge in [-0.2, -0.15) is 0 Å². The molecule has 1 rings (SSSR count). The highest BCUT2D eigenvalue weighted by molar-refractivity contribution is 5.83. The summed E-state index contributed by atoms with van der Waals surface area (Å²) < 4.78 is 0. The molecule has 1 unspecified atom stereocenters. The topological polar surface area (TPSA) is 78.9 Å². The molecule has 1 amide bonds. The molecule has 3 N–H and O–H groups in total. The standard InChI is InChI=1S/C15H29N3O2/c1-3-18(11-12(2)15(16)17-20)14(19)10-9-13-7-5-4-6-8-13/h12-13,20H,3-11H2,1-2H3,(H2,16,17). The molecule has 0 heterocycles. The van der Waals surface area contributed by atoms with Gasteiger partial charge in [0.1, 0.15) is 5.84 Å². The number of hydrogen-bond donors (Lipinski definition) is 2. The first kappa shape index (κ1) is 16.8. The van der Waals surface area contributed by atoms with Crippen molar-refractivity contribution < 1.29 is 10.0 Å². The van der Waals surface area contributed by atoms with Crippen LogP contribution >= 0.6 is 0 Å². The highest BCUT2D eigenvalue weighted by atomic mass is 16.4. The minimum absolute atomic E-state index is 0.112. The molecule has 0 radical (unpaired) electrons. The third-order valence-electron chi connectivity index (χ3n) is 4.34. The van der Waals surface area contributed by atoms with Crippen LogP contribution in [0.4, 0.5) is 0 Å². The van der Waals surface area contributed by atoms with Crippen molar-refractivity contribution in [2.75, 3.05) is 13.1 Å². The number of nitrogens with zero attached hydrogens (tertiary/aromatic N) is 2. The molecule has 1 fully saturated rings. The first-order valence-electron chi connectivity index (χ1n) is 7.83. The number of rotatable bonds is 7. The molecule has 1 atom stereocenters. The average Bonchev–Trinajstić information content (AvgIpc) is 2.50. The van der Waals surface area contributed by atoms with Crippen LogP contribution in [0.5, 0.6) is 0 Å². The Bertz CT molecular complexity index is 325. The molecular weight excluding hydrogens is 254 g/mol. The average molecular weight is 283 g/mol. The van der Waals surface area contributed by atoms with Crippen LogP contribution in [0, 0.1) is 11.8 Å². The Hall–Kier alpha value is -1.26. The predicted molar refractivity (Wildman–Crippen MR) is 80.6 cm³/mol. The van der Waals surface area contributed by atoms with E-state index in [1.807, 2.05) is 18.7 Å². The van der Waals surface area contributed by atoms with Gasteiger partial charge in [0.25, 0.3) is 0 Å². The van der Waals surface area contributed by atoms with E-state index in [9.17, 15) is 4.79 Å². The van der Waals surface area contributed by atoms with Gasteiger partial charge in [-0.15, -0.1) is 0 Å². The van der Waals surface area contributed by atoms with Gasteiger partial charge in [-0.05, 0) is 19.3 Å². The summed E-state index contributed by atoms with van der Waals surface area (Å²) in [5.74, 6) is 0.991. The molecule has 1 aliphatic rings. The maximum absolute atomic E-state index is 12.2. The van der Waals surface area contributed by atoms with Crippen molar-refractivity contribution in [2.24, 2.45) is 22.7 Å². The van der Waals surface area contributed by atoms with Gasteiger partial charge in [-0.1, -0.05) is 44.2 Å². The second kappa shape index (κ2) is 8.82. The Morgan fingerprint density at radius 2 is 2.05 bits per heavy atom. The summed E-state index contributed by atoms with van der Waals surface area (Å²) in [4.78, 5) is 14.1. The van der Waals surface area contributed by atoms with Crippen molar-refractivity contribution in [3.63, 3.8) is 0 Å². The van der Waals surface area contributed by atoms with Crippen LogP contribution in [0.1, 0.15) is 58.8 Å². The zero-order chi connectivity index (χ0) is 15.0. The number of carbonyl (C=O) groups excluding carboxylic acids is 1. The van der Waals surface area contributed by atoms with Gasteiger partial charge in [0.05, 0.1) is 0 Å². The van der Waals surface area contributed by atoms with Crippen molar-refractivity contribution in [2.45, 2.75) is 58.8 Å². The molecule has 0 aromatic heterocycles. The zero-order valence-electron chi connectivity index (χ0n) is 12.8. The van der Waals surface area contributed by atoms with Gasteiger partial charge in [0.15, 0.2) is 0 Å². The lowest BCUT2D eigenvalue weighted by molar-refractivity contribution is -0.131. The summed E-state index contributed by atoms with van der Waals surface area (Å²) in [6.07, 6.45) is 8.17. The van der Waals surface area contributed by atoms with Crippen LogP contribution < -0.4 is 5.73 Å².